The third-order valence-electron chi connectivity index (χ3n) is 3.26. The SMILES string of the molecule is COC(=O)c1cc(Br)c2cnn(CC3CC3)c2c1. The normalized spacial score (nSPS) is 15.0. The minimum atomic E-state index is -0.322. The molecular weight excluding hydrogens is 296 g/mol. The van der Waals surface area contributed by atoms with E-state index in [0.29, 0.717) is 5.56 Å². The fourth-order valence-corrected chi connectivity index (χ4v) is 2.61. The summed E-state index contributed by atoms with van der Waals surface area (Å²) in [6.07, 6.45) is 4.39. The highest BCUT2D eigenvalue weighted by Crippen LogP contribution is 2.33. The highest BCUT2D eigenvalue weighted by molar-refractivity contribution is 9.10. The van der Waals surface area contributed by atoms with Gasteiger partial charge in [-0.15, -0.1) is 0 Å². The number of halogens is 1. The standard InChI is InChI=1S/C13H13BrN2O2/c1-18-13(17)9-4-11(14)10-6-15-16(12(10)5-9)7-8-2-3-8/h4-6,8H,2-3,7H2,1H3. The van der Waals surface area contributed by atoms with E-state index in [2.05, 4.69) is 21.0 Å². The number of carbonyl (C=O) groups is 1. The Morgan fingerprint density at radius 2 is 2.33 bits per heavy atom. The molecule has 94 valence electrons. The smallest absolute Gasteiger partial charge is 0.337 e. The molecule has 1 aliphatic rings. The van der Waals surface area contributed by atoms with E-state index in [-0.39, 0.29) is 5.97 Å². The van der Waals surface area contributed by atoms with Crippen LogP contribution in [0.25, 0.3) is 10.9 Å². The molecule has 1 aromatic heterocycles. The summed E-state index contributed by atoms with van der Waals surface area (Å²) < 4.78 is 7.61. The molecule has 3 rings (SSSR count). The average Bonchev–Trinajstić information content (AvgIpc) is 3.09. The Kier molecular flexibility index (Phi) is 2.86. The van der Waals surface area contributed by atoms with Gasteiger partial charge in [-0.25, -0.2) is 4.79 Å². The Balaban J connectivity index is 2.09. The number of hydrogen-bond acceptors (Lipinski definition) is 3. The van der Waals surface area contributed by atoms with Crippen LogP contribution in [0.15, 0.2) is 22.8 Å². The first-order valence-corrected chi connectivity index (χ1v) is 6.71. The van der Waals surface area contributed by atoms with Gasteiger partial charge in [-0.3, -0.25) is 4.68 Å². The summed E-state index contributed by atoms with van der Waals surface area (Å²) in [5.74, 6) is 0.422. The van der Waals surface area contributed by atoms with E-state index in [4.69, 9.17) is 4.74 Å². The van der Waals surface area contributed by atoms with Gasteiger partial charge >= 0.3 is 5.97 Å². The summed E-state index contributed by atoms with van der Waals surface area (Å²) in [5, 5.41) is 5.43. The highest BCUT2D eigenvalue weighted by atomic mass is 79.9. The Bertz CT molecular complexity index is 617. The molecule has 1 saturated carbocycles. The Hall–Kier alpha value is -1.36. The van der Waals surface area contributed by atoms with Gasteiger partial charge in [0.05, 0.1) is 24.4 Å². The van der Waals surface area contributed by atoms with Gasteiger partial charge in [0.2, 0.25) is 0 Å². The van der Waals surface area contributed by atoms with Gasteiger partial charge in [0, 0.05) is 16.4 Å². The summed E-state index contributed by atoms with van der Waals surface area (Å²) in [7, 11) is 1.39. The maximum absolute atomic E-state index is 11.6. The van der Waals surface area contributed by atoms with Crippen molar-refractivity contribution in [1.82, 2.24) is 9.78 Å². The van der Waals surface area contributed by atoms with Crippen LogP contribution in [0.4, 0.5) is 0 Å². The minimum Gasteiger partial charge on any atom is -0.465 e. The van der Waals surface area contributed by atoms with E-state index in [9.17, 15) is 4.79 Å². The van der Waals surface area contributed by atoms with Crippen molar-refractivity contribution in [2.75, 3.05) is 7.11 Å². The van der Waals surface area contributed by atoms with Crippen molar-refractivity contribution in [2.45, 2.75) is 19.4 Å². The van der Waals surface area contributed by atoms with E-state index < -0.39 is 0 Å². The first kappa shape index (κ1) is 11.7. The summed E-state index contributed by atoms with van der Waals surface area (Å²) in [4.78, 5) is 11.6. The first-order valence-electron chi connectivity index (χ1n) is 5.92. The number of aromatic nitrogens is 2. The second kappa shape index (κ2) is 4.39. The molecule has 0 saturated heterocycles. The predicted molar refractivity (Wildman–Crippen MR) is 71.5 cm³/mol. The van der Waals surface area contributed by atoms with Crippen molar-refractivity contribution in [1.29, 1.82) is 0 Å². The maximum Gasteiger partial charge on any atom is 0.337 e. The maximum atomic E-state index is 11.6. The Morgan fingerprint density at radius 3 is 3.00 bits per heavy atom. The molecule has 0 N–H and O–H groups in total. The van der Waals surface area contributed by atoms with Crippen LogP contribution >= 0.6 is 15.9 Å². The fourth-order valence-electron chi connectivity index (χ4n) is 2.06. The average molecular weight is 309 g/mol. The molecule has 0 radical (unpaired) electrons. The number of hydrogen-bond donors (Lipinski definition) is 0. The van der Waals surface area contributed by atoms with Crippen molar-refractivity contribution in [3.05, 3.63) is 28.4 Å². The molecule has 0 atom stereocenters. The highest BCUT2D eigenvalue weighted by Gasteiger charge is 2.23. The van der Waals surface area contributed by atoms with E-state index in [1.54, 1.807) is 6.07 Å². The van der Waals surface area contributed by atoms with Crippen LogP contribution in [0.3, 0.4) is 0 Å². The van der Waals surface area contributed by atoms with Gasteiger partial charge in [-0.1, -0.05) is 15.9 Å². The minimum absolute atomic E-state index is 0.322. The number of rotatable bonds is 3. The van der Waals surface area contributed by atoms with Gasteiger partial charge in [0.1, 0.15) is 0 Å². The first-order chi connectivity index (χ1) is 8.69. The van der Waals surface area contributed by atoms with E-state index in [1.165, 1.54) is 20.0 Å². The monoisotopic (exact) mass is 308 g/mol. The zero-order valence-electron chi connectivity index (χ0n) is 10.0. The molecule has 0 spiro atoms. The number of benzene rings is 1. The number of fused-ring (bicyclic) bond motifs is 1. The van der Waals surface area contributed by atoms with Gasteiger partial charge in [-0.05, 0) is 30.9 Å². The molecule has 5 heteroatoms. The molecule has 1 fully saturated rings. The lowest BCUT2D eigenvalue weighted by molar-refractivity contribution is 0.0601. The number of carbonyl (C=O) groups excluding carboxylic acids is 1. The molecule has 18 heavy (non-hydrogen) atoms. The lowest BCUT2D eigenvalue weighted by atomic mass is 10.1. The molecule has 1 heterocycles. The molecular formula is C13H13BrN2O2. The largest absolute Gasteiger partial charge is 0.465 e. The van der Waals surface area contributed by atoms with E-state index in [0.717, 1.165) is 27.8 Å². The lowest BCUT2D eigenvalue weighted by Gasteiger charge is -2.05. The van der Waals surface area contributed by atoms with E-state index in [1.807, 2.05) is 16.9 Å². The molecule has 2 aromatic rings. The van der Waals surface area contributed by atoms with Crippen LogP contribution < -0.4 is 0 Å². The quantitative estimate of drug-likeness (QED) is 0.819. The van der Waals surface area contributed by atoms with Crippen LogP contribution in [0, 0.1) is 5.92 Å². The van der Waals surface area contributed by atoms with Crippen LogP contribution in [0.1, 0.15) is 23.2 Å². The summed E-state index contributed by atoms with van der Waals surface area (Å²) >= 11 is 3.48. The predicted octanol–water partition coefficient (Wildman–Crippen LogP) is 3.00. The molecule has 0 bridgehead atoms. The lowest BCUT2D eigenvalue weighted by Crippen LogP contribution is -2.04. The third kappa shape index (κ3) is 2.03. The summed E-state index contributed by atoms with van der Waals surface area (Å²) in [6, 6.07) is 3.62. The fraction of sp³-hybridized carbons (Fsp3) is 0.385. The third-order valence-corrected chi connectivity index (χ3v) is 3.92. The van der Waals surface area contributed by atoms with Gasteiger partial charge in [0.25, 0.3) is 0 Å². The van der Waals surface area contributed by atoms with Crippen molar-refractivity contribution in [3.63, 3.8) is 0 Å². The van der Waals surface area contributed by atoms with Crippen LogP contribution in [-0.4, -0.2) is 22.9 Å². The molecule has 4 nitrogen and oxygen atoms in total. The van der Waals surface area contributed by atoms with Gasteiger partial charge in [-0.2, -0.15) is 5.10 Å². The zero-order valence-corrected chi connectivity index (χ0v) is 11.6. The molecule has 0 unspecified atom stereocenters. The molecule has 0 aliphatic heterocycles. The van der Waals surface area contributed by atoms with E-state index >= 15 is 0 Å². The second-order valence-electron chi connectivity index (χ2n) is 4.65. The van der Waals surface area contributed by atoms with Crippen molar-refractivity contribution < 1.29 is 9.53 Å². The van der Waals surface area contributed by atoms with Crippen molar-refractivity contribution in [2.24, 2.45) is 5.92 Å². The molecule has 0 amide bonds. The van der Waals surface area contributed by atoms with Gasteiger partial charge in [0.15, 0.2) is 0 Å². The number of ether oxygens (including phenoxy) is 1. The summed E-state index contributed by atoms with van der Waals surface area (Å²) in [5.41, 5.74) is 1.53. The van der Waals surface area contributed by atoms with Crippen LogP contribution in [0.2, 0.25) is 0 Å². The number of nitrogens with zero attached hydrogens (tertiary/aromatic N) is 2. The van der Waals surface area contributed by atoms with Crippen LogP contribution in [0.5, 0.6) is 0 Å². The number of esters is 1. The Morgan fingerprint density at radius 1 is 1.56 bits per heavy atom. The summed E-state index contributed by atoms with van der Waals surface area (Å²) in [6.45, 7) is 0.931. The second-order valence-corrected chi connectivity index (χ2v) is 5.51. The Labute approximate surface area is 113 Å². The zero-order chi connectivity index (χ0) is 12.7. The topological polar surface area (TPSA) is 44.1 Å². The van der Waals surface area contributed by atoms with Crippen LogP contribution in [-0.2, 0) is 11.3 Å². The van der Waals surface area contributed by atoms with Gasteiger partial charge < -0.3 is 4.74 Å². The van der Waals surface area contributed by atoms with Crippen molar-refractivity contribution in [3.8, 4) is 0 Å². The number of methoxy groups -OCH3 is 1. The van der Waals surface area contributed by atoms with Crippen molar-refractivity contribution >= 4 is 32.8 Å². The molecule has 1 aliphatic carbocycles. The molecule has 1 aromatic carbocycles.